The van der Waals surface area contributed by atoms with Crippen molar-refractivity contribution in [2.45, 2.75) is 25.8 Å². The van der Waals surface area contributed by atoms with Crippen molar-refractivity contribution >= 4 is 11.9 Å². The Morgan fingerprint density at radius 1 is 1.54 bits per heavy atom. The fourth-order valence-electron chi connectivity index (χ4n) is 0.800. The Kier molecular flexibility index (Phi) is 5.88. The molecule has 0 bridgehead atoms. The summed E-state index contributed by atoms with van der Waals surface area (Å²) in [5.41, 5.74) is 0. The highest BCUT2D eigenvalue weighted by atomic mass is 16.5. The fourth-order valence-corrected chi connectivity index (χ4v) is 0.800. The zero-order valence-electron chi connectivity index (χ0n) is 7.87. The zero-order valence-corrected chi connectivity index (χ0v) is 7.87. The van der Waals surface area contributed by atoms with Gasteiger partial charge < -0.3 is 15.2 Å². The Labute approximate surface area is 77.1 Å². The average Bonchev–Trinajstić information content (AvgIpc) is 2.10. The molecule has 13 heavy (non-hydrogen) atoms. The normalized spacial score (nSPS) is 12.2. The van der Waals surface area contributed by atoms with Crippen LogP contribution in [-0.4, -0.2) is 36.7 Å². The van der Waals surface area contributed by atoms with E-state index in [1.165, 1.54) is 7.11 Å². The molecule has 1 atom stereocenters. The molecule has 0 aliphatic heterocycles. The van der Waals surface area contributed by atoms with Crippen LogP contribution in [0.2, 0.25) is 0 Å². The highest BCUT2D eigenvalue weighted by Gasteiger charge is 2.16. The lowest BCUT2D eigenvalue weighted by molar-refractivity contribution is -0.142. The lowest BCUT2D eigenvalue weighted by atomic mass is 10.2. The topological polar surface area (TPSA) is 75.6 Å². The molecule has 2 N–H and O–H groups in total. The van der Waals surface area contributed by atoms with Crippen LogP contribution in [0.3, 0.4) is 0 Å². The molecular formula is C8H15NO4. The number of hydrogen-bond acceptors (Lipinski definition) is 3. The molecule has 0 rings (SSSR count). The van der Waals surface area contributed by atoms with E-state index in [0.29, 0.717) is 13.0 Å². The van der Waals surface area contributed by atoms with Crippen molar-refractivity contribution in [1.29, 1.82) is 0 Å². The second kappa shape index (κ2) is 6.42. The minimum atomic E-state index is -1.01. The van der Waals surface area contributed by atoms with Gasteiger partial charge in [0.2, 0.25) is 5.91 Å². The van der Waals surface area contributed by atoms with Crippen molar-refractivity contribution in [3.8, 4) is 0 Å². The lowest BCUT2D eigenvalue weighted by Crippen LogP contribution is -2.40. The number of rotatable bonds is 6. The molecule has 0 saturated heterocycles. The fraction of sp³-hybridized carbons (Fsp3) is 0.750. The summed E-state index contributed by atoms with van der Waals surface area (Å²) in [4.78, 5) is 21.5. The number of amides is 1. The van der Waals surface area contributed by atoms with Gasteiger partial charge in [0.25, 0.3) is 0 Å². The van der Waals surface area contributed by atoms with E-state index in [1.54, 1.807) is 6.92 Å². The summed E-state index contributed by atoms with van der Waals surface area (Å²) in [5, 5.41) is 11.0. The molecule has 0 fully saturated rings. The van der Waals surface area contributed by atoms with E-state index in [2.05, 4.69) is 10.1 Å². The molecule has 0 aromatic carbocycles. The van der Waals surface area contributed by atoms with Gasteiger partial charge in [-0.1, -0.05) is 6.92 Å². The van der Waals surface area contributed by atoms with E-state index < -0.39 is 12.0 Å². The average molecular weight is 189 g/mol. The molecular weight excluding hydrogens is 174 g/mol. The highest BCUT2D eigenvalue weighted by molar-refractivity contribution is 5.83. The first kappa shape index (κ1) is 11.9. The Balaban J connectivity index is 3.80. The summed E-state index contributed by atoms with van der Waals surface area (Å²) < 4.78 is 4.68. The van der Waals surface area contributed by atoms with Crippen LogP contribution in [-0.2, 0) is 14.3 Å². The summed E-state index contributed by atoms with van der Waals surface area (Å²) in [5.74, 6) is -1.30. The third-order valence-corrected chi connectivity index (χ3v) is 1.57. The van der Waals surface area contributed by atoms with Crippen molar-refractivity contribution in [2.75, 3.05) is 13.7 Å². The van der Waals surface area contributed by atoms with Gasteiger partial charge in [-0.25, -0.2) is 4.79 Å². The van der Waals surface area contributed by atoms with Crippen LogP contribution in [0, 0.1) is 0 Å². The molecule has 0 radical (unpaired) electrons. The molecule has 5 nitrogen and oxygen atoms in total. The number of carboxylic acid groups (broad SMARTS) is 1. The Bertz CT molecular complexity index is 181. The number of nitrogens with one attached hydrogen (secondary N) is 1. The second-order valence-corrected chi connectivity index (χ2v) is 2.61. The second-order valence-electron chi connectivity index (χ2n) is 2.61. The molecule has 5 heteroatoms. The van der Waals surface area contributed by atoms with Crippen LogP contribution >= 0.6 is 0 Å². The zero-order chi connectivity index (χ0) is 10.3. The van der Waals surface area contributed by atoms with E-state index >= 15 is 0 Å². The van der Waals surface area contributed by atoms with Gasteiger partial charge in [-0.2, -0.15) is 0 Å². The minimum Gasteiger partial charge on any atom is -0.480 e. The number of methoxy groups -OCH3 is 1. The maximum Gasteiger partial charge on any atom is 0.326 e. The predicted octanol–water partition coefficient (Wildman–Crippen LogP) is 0.00230. The van der Waals surface area contributed by atoms with Crippen molar-refractivity contribution in [1.82, 2.24) is 5.32 Å². The molecule has 0 aliphatic rings. The Morgan fingerprint density at radius 3 is 2.54 bits per heavy atom. The van der Waals surface area contributed by atoms with Gasteiger partial charge in [0.1, 0.15) is 6.04 Å². The van der Waals surface area contributed by atoms with Gasteiger partial charge in [0.15, 0.2) is 0 Å². The Morgan fingerprint density at radius 2 is 2.15 bits per heavy atom. The SMILES string of the molecule is CC[C@H](NC(=O)CCOC)C(=O)O. The number of aliphatic carboxylic acids is 1. The van der Waals surface area contributed by atoms with E-state index in [0.717, 1.165) is 0 Å². The maximum atomic E-state index is 11.0. The molecule has 0 unspecified atom stereocenters. The van der Waals surface area contributed by atoms with Gasteiger partial charge in [-0.05, 0) is 6.42 Å². The largest absolute Gasteiger partial charge is 0.480 e. The minimum absolute atomic E-state index is 0.195. The molecule has 0 aromatic heterocycles. The van der Waals surface area contributed by atoms with Gasteiger partial charge in [0.05, 0.1) is 6.61 Å². The molecule has 0 saturated carbocycles. The quantitative estimate of drug-likeness (QED) is 0.616. The first-order valence-corrected chi connectivity index (χ1v) is 4.13. The summed E-state index contributed by atoms with van der Waals surface area (Å²) in [7, 11) is 1.49. The molecule has 1 amide bonds. The summed E-state index contributed by atoms with van der Waals surface area (Å²) in [6, 6.07) is -0.788. The van der Waals surface area contributed by atoms with E-state index in [1.807, 2.05) is 0 Å². The molecule has 0 aliphatic carbocycles. The Hall–Kier alpha value is -1.10. The van der Waals surface area contributed by atoms with E-state index in [4.69, 9.17) is 5.11 Å². The van der Waals surface area contributed by atoms with Crippen molar-refractivity contribution in [3.05, 3.63) is 0 Å². The first-order valence-electron chi connectivity index (χ1n) is 4.13. The third-order valence-electron chi connectivity index (χ3n) is 1.57. The van der Waals surface area contributed by atoms with Crippen LogP contribution < -0.4 is 5.32 Å². The van der Waals surface area contributed by atoms with Crippen molar-refractivity contribution < 1.29 is 19.4 Å². The van der Waals surface area contributed by atoms with E-state index in [-0.39, 0.29) is 12.3 Å². The highest BCUT2D eigenvalue weighted by Crippen LogP contribution is 1.92. The van der Waals surface area contributed by atoms with E-state index in [9.17, 15) is 9.59 Å². The molecule has 0 aromatic rings. The summed E-state index contributed by atoms with van der Waals surface area (Å²) in [6.45, 7) is 2.01. The molecule has 0 heterocycles. The standard InChI is InChI=1S/C8H15NO4/c1-3-6(8(11)12)9-7(10)4-5-13-2/h6H,3-5H2,1-2H3,(H,9,10)(H,11,12)/t6-/m0/s1. The maximum absolute atomic E-state index is 11.0. The van der Waals surface area contributed by atoms with Crippen LogP contribution in [0.1, 0.15) is 19.8 Å². The predicted molar refractivity (Wildman–Crippen MR) is 46.4 cm³/mol. The van der Waals surface area contributed by atoms with Gasteiger partial charge in [0, 0.05) is 13.5 Å². The van der Waals surface area contributed by atoms with Crippen molar-refractivity contribution in [2.24, 2.45) is 0 Å². The smallest absolute Gasteiger partial charge is 0.326 e. The van der Waals surface area contributed by atoms with Crippen LogP contribution in [0.15, 0.2) is 0 Å². The third kappa shape index (κ3) is 5.19. The number of ether oxygens (including phenoxy) is 1. The van der Waals surface area contributed by atoms with Gasteiger partial charge in [-0.3, -0.25) is 4.79 Å². The molecule has 76 valence electrons. The van der Waals surface area contributed by atoms with Crippen LogP contribution in [0.25, 0.3) is 0 Å². The van der Waals surface area contributed by atoms with Crippen LogP contribution in [0.4, 0.5) is 0 Å². The molecule has 0 spiro atoms. The number of carboxylic acids is 1. The monoisotopic (exact) mass is 189 g/mol. The summed E-state index contributed by atoms with van der Waals surface area (Å²) >= 11 is 0. The van der Waals surface area contributed by atoms with Gasteiger partial charge in [-0.15, -0.1) is 0 Å². The number of carbonyl (C=O) groups excluding carboxylic acids is 1. The first-order chi connectivity index (χ1) is 6.11. The van der Waals surface area contributed by atoms with Gasteiger partial charge >= 0.3 is 5.97 Å². The van der Waals surface area contributed by atoms with Crippen LogP contribution in [0.5, 0.6) is 0 Å². The lowest BCUT2D eigenvalue weighted by Gasteiger charge is -2.11. The number of carbonyl (C=O) groups is 2. The summed E-state index contributed by atoms with van der Waals surface area (Å²) in [6.07, 6.45) is 0.578. The number of hydrogen-bond donors (Lipinski definition) is 2. The van der Waals surface area contributed by atoms with Crippen molar-refractivity contribution in [3.63, 3.8) is 0 Å².